The third-order valence-corrected chi connectivity index (χ3v) is 5.66. The molecule has 0 saturated carbocycles. The van der Waals surface area contributed by atoms with Gasteiger partial charge in [0.05, 0.1) is 0 Å². The van der Waals surface area contributed by atoms with E-state index >= 15 is 0 Å². The molecule has 1 atom stereocenters. The summed E-state index contributed by atoms with van der Waals surface area (Å²) >= 11 is 0. The normalized spacial score (nSPS) is 16.8. The molecule has 154 valence electrons. The van der Waals surface area contributed by atoms with Crippen molar-refractivity contribution in [2.24, 2.45) is 7.05 Å². The Hall–Kier alpha value is -3.32. The number of nitrogens with one attached hydrogen (secondary N) is 3. The second-order valence-corrected chi connectivity index (χ2v) is 7.81. The van der Waals surface area contributed by atoms with Crippen molar-refractivity contribution in [2.45, 2.75) is 32.0 Å². The van der Waals surface area contributed by atoms with E-state index in [1.54, 1.807) is 6.20 Å². The highest BCUT2D eigenvalue weighted by Crippen LogP contribution is 2.32. The molecule has 7 heteroatoms. The van der Waals surface area contributed by atoms with E-state index in [1.807, 2.05) is 13.1 Å². The van der Waals surface area contributed by atoms with Gasteiger partial charge in [-0.25, -0.2) is 9.78 Å². The highest BCUT2D eigenvalue weighted by molar-refractivity contribution is 5.98. The number of H-pyrrole nitrogens is 1. The molecule has 0 radical (unpaired) electrons. The van der Waals surface area contributed by atoms with E-state index in [2.05, 4.69) is 61.7 Å². The number of carbonyl (C=O) groups is 1. The smallest absolute Gasteiger partial charge is 0.317 e. The maximum atomic E-state index is 12.2. The van der Waals surface area contributed by atoms with Crippen LogP contribution in [-0.4, -0.2) is 33.4 Å². The third-order valence-electron chi connectivity index (χ3n) is 5.66. The second-order valence-electron chi connectivity index (χ2n) is 7.81. The molecular weight excluding hydrogens is 378 g/mol. The van der Waals surface area contributed by atoms with Gasteiger partial charge in [-0.15, -0.1) is 0 Å². The van der Waals surface area contributed by atoms with Crippen LogP contribution in [-0.2, 0) is 18.3 Å². The van der Waals surface area contributed by atoms with Crippen LogP contribution in [0.25, 0.3) is 33.2 Å². The van der Waals surface area contributed by atoms with Crippen molar-refractivity contribution in [3.05, 3.63) is 54.4 Å². The number of hydrogen-bond donors (Lipinski definition) is 3. The first kappa shape index (κ1) is 18.7. The molecule has 1 unspecified atom stereocenters. The van der Waals surface area contributed by atoms with Crippen LogP contribution in [0.3, 0.4) is 0 Å². The Bertz CT molecular complexity index is 1170. The van der Waals surface area contributed by atoms with Crippen LogP contribution in [0.5, 0.6) is 0 Å². The zero-order valence-corrected chi connectivity index (χ0v) is 16.9. The molecule has 1 aliphatic heterocycles. The molecule has 1 aromatic carbocycles. The molecule has 30 heavy (non-hydrogen) atoms. The summed E-state index contributed by atoms with van der Waals surface area (Å²) in [6.07, 6.45) is 6.75. The van der Waals surface area contributed by atoms with Gasteiger partial charge < -0.3 is 24.9 Å². The number of nitrogens with zero attached hydrogens (tertiary/aromatic N) is 2. The van der Waals surface area contributed by atoms with Crippen molar-refractivity contribution in [1.29, 1.82) is 0 Å². The largest absolute Gasteiger partial charge is 0.358 e. The average molecular weight is 403 g/mol. The highest BCUT2D eigenvalue weighted by atomic mass is 16.5. The van der Waals surface area contributed by atoms with E-state index in [0.29, 0.717) is 13.2 Å². The minimum atomic E-state index is -0.197. The van der Waals surface area contributed by atoms with Crippen molar-refractivity contribution in [1.82, 2.24) is 25.2 Å². The van der Waals surface area contributed by atoms with Gasteiger partial charge >= 0.3 is 6.03 Å². The van der Waals surface area contributed by atoms with Crippen LogP contribution in [0.1, 0.15) is 24.8 Å². The van der Waals surface area contributed by atoms with Crippen molar-refractivity contribution < 1.29 is 9.53 Å². The zero-order chi connectivity index (χ0) is 20.5. The van der Waals surface area contributed by atoms with Crippen LogP contribution in [0.15, 0.2) is 48.8 Å². The fraction of sp³-hybridized carbons (Fsp3) is 0.304. The number of amides is 2. The number of aromatic amines is 1. The number of pyridine rings is 1. The van der Waals surface area contributed by atoms with E-state index < -0.39 is 0 Å². The van der Waals surface area contributed by atoms with Crippen LogP contribution < -0.4 is 10.6 Å². The Morgan fingerprint density at radius 1 is 1.30 bits per heavy atom. The van der Waals surface area contributed by atoms with Crippen LogP contribution in [0.2, 0.25) is 0 Å². The summed E-state index contributed by atoms with van der Waals surface area (Å²) in [6.45, 7) is 1.17. The van der Waals surface area contributed by atoms with Crippen LogP contribution >= 0.6 is 0 Å². The van der Waals surface area contributed by atoms with E-state index in [0.717, 1.165) is 58.0 Å². The maximum absolute atomic E-state index is 12.2. The molecule has 1 saturated heterocycles. The van der Waals surface area contributed by atoms with E-state index in [1.165, 1.54) is 0 Å². The number of urea groups is 1. The van der Waals surface area contributed by atoms with Crippen molar-refractivity contribution in [2.75, 3.05) is 6.61 Å². The van der Waals surface area contributed by atoms with E-state index in [-0.39, 0.29) is 12.3 Å². The number of hydrogen-bond acceptors (Lipinski definition) is 3. The summed E-state index contributed by atoms with van der Waals surface area (Å²) in [5, 5.41) is 8.06. The van der Waals surface area contributed by atoms with Gasteiger partial charge in [-0.3, -0.25) is 0 Å². The lowest BCUT2D eigenvalue weighted by atomic mass is 10.1. The van der Waals surface area contributed by atoms with Crippen molar-refractivity contribution in [3.63, 3.8) is 0 Å². The number of fused-ring (bicyclic) bond motifs is 2. The van der Waals surface area contributed by atoms with Crippen LogP contribution in [0, 0.1) is 0 Å². The number of ether oxygens (including phenoxy) is 1. The Labute approximate surface area is 174 Å². The molecule has 3 N–H and O–H groups in total. The quantitative estimate of drug-likeness (QED) is 0.481. The van der Waals surface area contributed by atoms with Gasteiger partial charge in [0, 0.05) is 60.1 Å². The number of carbonyl (C=O) groups excluding carboxylic acids is 1. The van der Waals surface area contributed by atoms with Gasteiger partial charge in [0.2, 0.25) is 0 Å². The summed E-state index contributed by atoms with van der Waals surface area (Å²) < 4.78 is 7.69. The average Bonchev–Trinajstić information content (AvgIpc) is 3.34. The van der Waals surface area contributed by atoms with Gasteiger partial charge in [0.1, 0.15) is 11.9 Å². The number of rotatable bonds is 4. The standard InChI is InChI=1S/C23H25N5O2/c1-28-14-18(19-12-16-5-4-9-24-22(16)26-19)17-11-15(7-8-20(17)28)13-25-23(29)27-21-6-2-3-10-30-21/h4-5,7-9,11-12,14,21H,2-3,6,10,13H2,1H3,(H,24,26)(H2,25,27,29). The molecule has 0 bridgehead atoms. The zero-order valence-electron chi connectivity index (χ0n) is 16.9. The Kier molecular flexibility index (Phi) is 4.88. The molecule has 2 amide bonds. The topological polar surface area (TPSA) is 84.0 Å². The lowest BCUT2D eigenvalue weighted by molar-refractivity contribution is 0.00232. The maximum Gasteiger partial charge on any atom is 0.317 e. The minimum absolute atomic E-state index is 0.183. The third kappa shape index (κ3) is 3.64. The molecule has 0 aliphatic carbocycles. The monoisotopic (exact) mass is 403 g/mol. The summed E-state index contributed by atoms with van der Waals surface area (Å²) in [5.74, 6) is 0. The van der Waals surface area contributed by atoms with Gasteiger partial charge in [0.15, 0.2) is 0 Å². The summed E-state index contributed by atoms with van der Waals surface area (Å²) in [7, 11) is 2.04. The summed E-state index contributed by atoms with van der Waals surface area (Å²) in [4.78, 5) is 20.0. The predicted octanol–water partition coefficient (Wildman–Crippen LogP) is 4.05. The summed E-state index contributed by atoms with van der Waals surface area (Å²) in [6, 6.07) is 12.2. The fourth-order valence-electron chi connectivity index (χ4n) is 4.10. The number of benzene rings is 1. The molecule has 4 heterocycles. The highest BCUT2D eigenvalue weighted by Gasteiger charge is 2.16. The molecule has 7 nitrogen and oxygen atoms in total. The lowest BCUT2D eigenvalue weighted by Gasteiger charge is -2.23. The van der Waals surface area contributed by atoms with Gasteiger partial charge in [-0.1, -0.05) is 6.07 Å². The van der Waals surface area contributed by atoms with Gasteiger partial charge in [-0.2, -0.15) is 0 Å². The number of aromatic nitrogens is 3. The predicted molar refractivity (Wildman–Crippen MR) is 117 cm³/mol. The summed E-state index contributed by atoms with van der Waals surface area (Å²) in [5.41, 5.74) is 5.22. The number of aryl methyl sites for hydroxylation is 1. The van der Waals surface area contributed by atoms with Crippen molar-refractivity contribution >= 4 is 28.0 Å². The first-order valence-corrected chi connectivity index (χ1v) is 10.4. The van der Waals surface area contributed by atoms with Crippen LogP contribution in [0.4, 0.5) is 4.79 Å². The Balaban J connectivity index is 1.37. The SMILES string of the molecule is Cn1cc(-c2cc3cccnc3[nH]2)c2cc(CNC(=O)NC3CCCCO3)ccc21. The van der Waals surface area contributed by atoms with E-state index in [4.69, 9.17) is 4.74 Å². The first-order valence-electron chi connectivity index (χ1n) is 10.4. The lowest BCUT2D eigenvalue weighted by Crippen LogP contribution is -2.44. The second kappa shape index (κ2) is 7.84. The molecular formula is C23H25N5O2. The van der Waals surface area contributed by atoms with Gasteiger partial charge in [-0.05, 0) is 55.2 Å². The Morgan fingerprint density at radius 2 is 2.23 bits per heavy atom. The first-order chi connectivity index (χ1) is 14.7. The molecule has 0 spiro atoms. The Morgan fingerprint density at radius 3 is 3.07 bits per heavy atom. The molecule has 1 aliphatic rings. The minimum Gasteiger partial charge on any atom is -0.358 e. The van der Waals surface area contributed by atoms with Gasteiger partial charge in [0.25, 0.3) is 0 Å². The van der Waals surface area contributed by atoms with Crippen molar-refractivity contribution in [3.8, 4) is 11.3 Å². The molecule has 4 aromatic rings. The van der Waals surface area contributed by atoms with E-state index in [9.17, 15) is 4.79 Å². The molecule has 5 rings (SSSR count). The molecule has 1 fully saturated rings. The fourth-order valence-corrected chi connectivity index (χ4v) is 4.10. The molecule has 3 aromatic heterocycles.